The molecule has 1 atom stereocenters. The highest BCUT2D eigenvalue weighted by atomic mass is 79.9. The monoisotopic (exact) mass is 483 g/mol. The lowest BCUT2D eigenvalue weighted by Gasteiger charge is -2.37. The Morgan fingerprint density at radius 1 is 1.17 bits per heavy atom. The topological polar surface area (TPSA) is 83.1 Å². The predicted octanol–water partition coefficient (Wildman–Crippen LogP) is 5.12. The van der Waals surface area contributed by atoms with Crippen molar-refractivity contribution in [2.24, 2.45) is 5.92 Å². The Morgan fingerprint density at radius 3 is 2.33 bits per heavy atom. The first-order chi connectivity index (χ1) is 13.9. The van der Waals surface area contributed by atoms with Crippen molar-refractivity contribution in [1.82, 2.24) is 5.32 Å². The molecule has 1 amide bonds. The number of benzene rings is 1. The summed E-state index contributed by atoms with van der Waals surface area (Å²) in [7, 11) is 1.36. The van der Waals surface area contributed by atoms with Crippen LogP contribution in [0.2, 0.25) is 0 Å². The summed E-state index contributed by atoms with van der Waals surface area (Å²) in [6.45, 7) is 9.31. The molecule has 1 aromatic rings. The van der Waals surface area contributed by atoms with Crippen LogP contribution in [0.5, 0.6) is 11.5 Å². The second-order valence-electron chi connectivity index (χ2n) is 9.10. The maximum atomic E-state index is 12.1. The number of carbonyl (C=O) groups is 2. The van der Waals surface area contributed by atoms with E-state index in [4.69, 9.17) is 18.9 Å². The van der Waals surface area contributed by atoms with Crippen molar-refractivity contribution in [3.63, 3.8) is 0 Å². The van der Waals surface area contributed by atoms with Crippen LogP contribution < -0.4 is 14.8 Å². The lowest BCUT2D eigenvalue weighted by Crippen LogP contribution is -2.48. The number of ether oxygens (including phenoxy) is 4. The van der Waals surface area contributed by atoms with E-state index >= 15 is 0 Å². The number of hydrogen-bond acceptors (Lipinski definition) is 6. The fraction of sp³-hybridized carbons (Fsp3) is 0.636. The number of rotatable bonds is 3. The summed E-state index contributed by atoms with van der Waals surface area (Å²) in [4.78, 5) is 24.1. The molecule has 0 aromatic heterocycles. The van der Waals surface area contributed by atoms with Gasteiger partial charge in [0.05, 0.1) is 17.1 Å². The Kier molecular flexibility index (Phi) is 6.28. The van der Waals surface area contributed by atoms with Gasteiger partial charge in [-0.15, -0.1) is 0 Å². The summed E-state index contributed by atoms with van der Waals surface area (Å²) in [5.74, 6) is 0.0793. The summed E-state index contributed by atoms with van der Waals surface area (Å²) in [6.07, 6.45) is 2.93. The second kappa shape index (κ2) is 8.29. The standard InChI is InChI=1S/C22H30BrNO6/c1-12-15(19(25)27-6)11-16(23)18-17(12)28-22(5,29-18)13-7-9-14(10-8-13)24-20(26)30-21(2,3)4/h11,13-14H,7-10H2,1-6H3,(H,24,26)/t13-,14-,22-/m1/s1. The number of fused-ring (bicyclic) bond motifs is 1. The maximum Gasteiger partial charge on any atom is 0.407 e. The van der Waals surface area contributed by atoms with Crippen LogP contribution in [-0.2, 0) is 9.47 Å². The van der Waals surface area contributed by atoms with Crippen LogP contribution in [0.3, 0.4) is 0 Å². The summed E-state index contributed by atoms with van der Waals surface area (Å²) in [5, 5.41) is 2.96. The zero-order valence-electron chi connectivity index (χ0n) is 18.4. The number of halogens is 1. The highest BCUT2D eigenvalue weighted by Crippen LogP contribution is 2.51. The van der Waals surface area contributed by atoms with Crippen LogP contribution in [0.4, 0.5) is 4.79 Å². The SMILES string of the molecule is COC(=O)c1cc(Br)c2c(c1C)O[C@@](C)([C@H]1CC[C@H](NC(=O)OC(C)(C)C)CC1)O2. The third-order valence-electron chi connectivity index (χ3n) is 5.64. The van der Waals surface area contributed by atoms with Crippen molar-refractivity contribution in [1.29, 1.82) is 0 Å². The van der Waals surface area contributed by atoms with Gasteiger partial charge < -0.3 is 24.3 Å². The maximum absolute atomic E-state index is 12.1. The summed E-state index contributed by atoms with van der Waals surface area (Å²) < 4.78 is 23.4. The molecule has 1 heterocycles. The number of nitrogens with one attached hydrogen (secondary N) is 1. The molecule has 0 saturated heterocycles. The molecule has 3 rings (SSSR count). The molecule has 7 nitrogen and oxygen atoms in total. The van der Waals surface area contributed by atoms with Crippen LogP contribution >= 0.6 is 15.9 Å². The molecular weight excluding hydrogens is 454 g/mol. The van der Waals surface area contributed by atoms with Crippen LogP contribution in [0.1, 0.15) is 69.3 Å². The highest BCUT2D eigenvalue weighted by Gasteiger charge is 2.47. The fourth-order valence-electron chi connectivity index (χ4n) is 4.07. The third kappa shape index (κ3) is 4.68. The molecule has 0 spiro atoms. The van der Waals surface area contributed by atoms with Gasteiger partial charge in [-0.05, 0) is 75.4 Å². The Labute approximate surface area is 185 Å². The first-order valence-electron chi connectivity index (χ1n) is 10.2. The average molecular weight is 484 g/mol. The van der Waals surface area contributed by atoms with Crippen LogP contribution in [0.25, 0.3) is 0 Å². The van der Waals surface area contributed by atoms with Gasteiger partial charge >= 0.3 is 12.1 Å². The largest absolute Gasteiger partial charge is 0.465 e. The van der Waals surface area contributed by atoms with E-state index in [2.05, 4.69) is 21.2 Å². The molecule has 1 fully saturated rings. The molecule has 1 aliphatic carbocycles. The van der Waals surface area contributed by atoms with E-state index in [0.717, 1.165) is 25.7 Å². The van der Waals surface area contributed by atoms with Crippen LogP contribution in [0, 0.1) is 12.8 Å². The molecule has 8 heteroatoms. The van der Waals surface area contributed by atoms with Crippen molar-refractivity contribution >= 4 is 28.0 Å². The second-order valence-corrected chi connectivity index (χ2v) is 9.95. The molecule has 2 aliphatic rings. The molecular formula is C22H30BrNO6. The minimum atomic E-state index is -0.832. The van der Waals surface area contributed by atoms with Crippen molar-refractivity contribution < 1.29 is 28.5 Å². The Hall–Kier alpha value is -1.96. The van der Waals surface area contributed by atoms with Gasteiger partial charge in [0.2, 0.25) is 0 Å². The zero-order valence-corrected chi connectivity index (χ0v) is 20.0. The normalized spacial score (nSPS) is 25.6. The lowest BCUT2D eigenvalue weighted by atomic mass is 9.81. The summed E-state index contributed by atoms with van der Waals surface area (Å²) in [6, 6.07) is 1.78. The van der Waals surface area contributed by atoms with Gasteiger partial charge in [-0.25, -0.2) is 9.59 Å². The van der Waals surface area contributed by atoms with Crippen LogP contribution in [-0.4, -0.2) is 36.6 Å². The van der Waals surface area contributed by atoms with E-state index in [0.29, 0.717) is 27.1 Å². The molecule has 1 N–H and O–H groups in total. The molecule has 0 unspecified atom stereocenters. The molecule has 30 heavy (non-hydrogen) atoms. The highest BCUT2D eigenvalue weighted by molar-refractivity contribution is 9.10. The van der Waals surface area contributed by atoms with Crippen LogP contribution in [0.15, 0.2) is 10.5 Å². The Balaban J connectivity index is 1.67. The van der Waals surface area contributed by atoms with Crippen molar-refractivity contribution in [2.45, 2.75) is 77.7 Å². The lowest BCUT2D eigenvalue weighted by molar-refractivity contribution is -0.121. The fourth-order valence-corrected chi connectivity index (χ4v) is 4.56. The molecule has 0 radical (unpaired) electrons. The van der Waals surface area contributed by atoms with Crippen molar-refractivity contribution in [3.05, 3.63) is 21.7 Å². The molecule has 1 aromatic carbocycles. The molecule has 166 valence electrons. The molecule has 1 aliphatic heterocycles. The molecule has 1 saturated carbocycles. The van der Waals surface area contributed by atoms with Gasteiger partial charge in [0.25, 0.3) is 5.79 Å². The van der Waals surface area contributed by atoms with E-state index in [9.17, 15) is 9.59 Å². The van der Waals surface area contributed by atoms with E-state index in [1.807, 2.05) is 34.6 Å². The minimum absolute atomic E-state index is 0.0721. The van der Waals surface area contributed by atoms with Gasteiger partial charge in [0, 0.05) is 24.4 Å². The summed E-state index contributed by atoms with van der Waals surface area (Å²) >= 11 is 3.49. The van der Waals surface area contributed by atoms with Gasteiger partial charge in [0.1, 0.15) is 5.60 Å². The first kappa shape index (κ1) is 22.7. The zero-order chi connectivity index (χ0) is 22.3. The van der Waals surface area contributed by atoms with E-state index < -0.39 is 17.4 Å². The predicted molar refractivity (Wildman–Crippen MR) is 115 cm³/mol. The molecule has 0 bridgehead atoms. The number of hydrogen-bond donors (Lipinski definition) is 1. The number of esters is 1. The van der Waals surface area contributed by atoms with Gasteiger partial charge in [-0.1, -0.05) is 0 Å². The van der Waals surface area contributed by atoms with E-state index in [-0.39, 0.29) is 18.1 Å². The average Bonchev–Trinajstić information content (AvgIpc) is 3.03. The number of amides is 1. The van der Waals surface area contributed by atoms with Gasteiger partial charge in [-0.3, -0.25) is 0 Å². The van der Waals surface area contributed by atoms with Crippen molar-refractivity contribution in [3.8, 4) is 11.5 Å². The number of methoxy groups -OCH3 is 1. The van der Waals surface area contributed by atoms with Gasteiger partial charge in [0.15, 0.2) is 11.5 Å². The summed E-state index contributed by atoms with van der Waals surface area (Å²) in [5.41, 5.74) is 0.630. The smallest absolute Gasteiger partial charge is 0.407 e. The van der Waals surface area contributed by atoms with E-state index in [1.54, 1.807) is 6.07 Å². The first-order valence-corrected chi connectivity index (χ1v) is 11.0. The Bertz CT molecular complexity index is 841. The van der Waals surface area contributed by atoms with E-state index in [1.165, 1.54) is 7.11 Å². The minimum Gasteiger partial charge on any atom is -0.465 e. The number of carbonyl (C=O) groups excluding carboxylic acids is 2. The third-order valence-corrected chi connectivity index (χ3v) is 6.23. The van der Waals surface area contributed by atoms with Crippen molar-refractivity contribution in [2.75, 3.05) is 7.11 Å². The van der Waals surface area contributed by atoms with Gasteiger partial charge in [-0.2, -0.15) is 0 Å². The number of alkyl carbamates (subject to hydrolysis) is 1. The quantitative estimate of drug-likeness (QED) is 0.600. The Morgan fingerprint density at radius 2 is 1.77 bits per heavy atom.